The van der Waals surface area contributed by atoms with Crippen LogP contribution in [0.4, 0.5) is 0 Å². The third kappa shape index (κ3) is 7.72. The SMILES string of the molecule is CC(C)(C)[NH2+]C(NC(=O)C=Cc1ccccc1)C(Cl)(Cl)Cl. The van der Waals surface area contributed by atoms with Gasteiger partial charge >= 0.3 is 0 Å². The van der Waals surface area contributed by atoms with Crippen molar-refractivity contribution in [2.45, 2.75) is 36.3 Å². The van der Waals surface area contributed by atoms with Crippen LogP contribution in [0.25, 0.3) is 6.08 Å². The highest BCUT2D eigenvalue weighted by atomic mass is 35.6. The summed E-state index contributed by atoms with van der Waals surface area (Å²) in [5, 5.41) is 4.52. The molecule has 0 aliphatic rings. The van der Waals surface area contributed by atoms with Crippen molar-refractivity contribution in [3.8, 4) is 0 Å². The number of nitrogens with one attached hydrogen (secondary N) is 1. The molecule has 3 N–H and O–H groups in total. The van der Waals surface area contributed by atoms with Gasteiger partial charge in [-0.3, -0.25) is 10.1 Å². The molecular formula is C15H20Cl3N2O+. The molecule has 0 bridgehead atoms. The first-order valence-corrected chi connectivity index (χ1v) is 7.68. The standard InChI is InChI=1S/C15H19Cl3N2O/c1-14(2,3)20-13(15(16,17)18)19-12(21)10-9-11-7-5-4-6-8-11/h4-10,13,20H,1-3H3,(H,19,21)/p+1. The Kier molecular flexibility index (Phi) is 6.54. The van der Waals surface area contributed by atoms with E-state index in [-0.39, 0.29) is 11.4 Å². The molecule has 6 heteroatoms. The van der Waals surface area contributed by atoms with Crippen LogP contribution in [0, 0.1) is 0 Å². The largest absolute Gasteiger partial charge is 0.319 e. The van der Waals surface area contributed by atoms with Crippen LogP contribution in [0.2, 0.25) is 0 Å². The minimum absolute atomic E-state index is 0.189. The van der Waals surface area contributed by atoms with E-state index in [1.807, 2.05) is 56.4 Å². The van der Waals surface area contributed by atoms with E-state index in [4.69, 9.17) is 34.8 Å². The third-order valence-corrected chi connectivity index (χ3v) is 3.25. The van der Waals surface area contributed by atoms with Crippen molar-refractivity contribution in [3.63, 3.8) is 0 Å². The summed E-state index contributed by atoms with van der Waals surface area (Å²) in [5.74, 6) is -0.310. The van der Waals surface area contributed by atoms with Crippen molar-refractivity contribution in [3.05, 3.63) is 42.0 Å². The Morgan fingerprint density at radius 3 is 2.24 bits per heavy atom. The van der Waals surface area contributed by atoms with Gasteiger partial charge in [-0.25, -0.2) is 0 Å². The normalized spacial score (nSPS) is 14.2. The number of halogens is 3. The first-order chi connectivity index (χ1) is 9.58. The molecule has 1 aromatic carbocycles. The Bertz CT molecular complexity index is 490. The first kappa shape index (κ1) is 18.3. The third-order valence-electron chi connectivity index (χ3n) is 2.54. The fourth-order valence-electron chi connectivity index (χ4n) is 1.66. The second kappa shape index (κ2) is 7.50. The zero-order chi connectivity index (χ0) is 16.1. The number of benzene rings is 1. The molecular weight excluding hydrogens is 331 g/mol. The minimum Gasteiger partial charge on any atom is -0.319 e. The van der Waals surface area contributed by atoms with Gasteiger partial charge in [0.15, 0.2) is 0 Å². The Morgan fingerprint density at radius 1 is 1.19 bits per heavy atom. The maximum atomic E-state index is 12.0. The lowest BCUT2D eigenvalue weighted by molar-refractivity contribution is -0.749. The predicted molar refractivity (Wildman–Crippen MR) is 89.4 cm³/mol. The Morgan fingerprint density at radius 2 is 1.76 bits per heavy atom. The zero-order valence-electron chi connectivity index (χ0n) is 12.2. The molecule has 0 saturated heterocycles. The zero-order valence-corrected chi connectivity index (χ0v) is 14.5. The van der Waals surface area contributed by atoms with Crippen LogP contribution in [-0.2, 0) is 4.79 Å². The average Bonchev–Trinajstić information content (AvgIpc) is 2.34. The van der Waals surface area contributed by atoms with Gasteiger partial charge < -0.3 is 5.32 Å². The summed E-state index contributed by atoms with van der Waals surface area (Å²) in [6.07, 6.45) is 2.47. The van der Waals surface area contributed by atoms with Crippen molar-refractivity contribution in [1.82, 2.24) is 5.32 Å². The summed E-state index contributed by atoms with van der Waals surface area (Å²) in [4.78, 5) is 12.0. The highest BCUT2D eigenvalue weighted by Crippen LogP contribution is 2.27. The summed E-state index contributed by atoms with van der Waals surface area (Å²) in [5.41, 5.74) is 0.739. The Labute approximate surface area is 140 Å². The van der Waals surface area contributed by atoms with Gasteiger partial charge in [0.1, 0.15) is 0 Å². The molecule has 0 radical (unpaired) electrons. The second-order valence-electron chi connectivity index (χ2n) is 5.80. The van der Waals surface area contributed by atoms with Gasteiger partial charge in [-0.2, -0.15) is 0 Å². The number of hydrogen-bond donors (Lipinski definition) is 2. The van der Waals surface area contributed by atoms with Crippen LogP contribution in [0.15, 0.2) is 36.4 Å². The molecule has 0 aliphatic carbocycles. The highest BCUT2D eigenvalue weighted by Gasteiger charge is 2.39. The molecule has 3 nitrogen and oxygen atoms in total. The van der Waals surface area contributed by atoms with Crippen molar-refractivity contribution >= 4 is 46.8 Å². The average molecular weight is 351 g/mol. The van der Waals surface area contributed by atoms with Crippen LogP contribution in [0.3, 0.4) is 0 Å². The summed E-state index contributed by atoms with van der Waals surface area (Å²) in [6, 6.07) is 9.51. The quantitative estimate of drug-likeness (QED) is 0.489. The number of alkyl halides is 3. The lowest BCUT2D eigenvalue weighted by Gasteiger charge is -2.29. The molecule has 0 saturated carbocycles. The van der Waals surface area contributed by atoms with E-state index in [0.29, 0.717) is 0 Å². The second-order valence-corrected chi connectivity index (χ2v) is 8.17. The highest BCUT2D eigenvalue weighted by molar-refractivity contribution is 6.68. The molecule has 1 unspecified atom stereocenters. The maximum Gasteiger partial charge on any atom is 0.262 e. The van der Waals surface area contributed by atoms with Gasteiger partial charge in [0, 0.05) is 6.08 Å². The van der Waals surface area contributed by atoms with Gasteiger partial charge in [0.25, 0.3) is 3.79 Å². The van der Waals surface area contributed by atoms with E-state index in [1.54, 1.807) is 6.08 Å². The molecule has 1 amide bonds. The predicted octanol–water partition coefficient (Wildman–Crippen LogP) is 2.87. The Hall–Kier alpha value is -0.740. The van der Waals surface area contributed by atoms with E-state index in [0.717, 1.165) is 5.56 Å². The number of amides is 1. The molecule has 0 aromatic heterocycles. The topological polar surface area (TPSA) is 45.7 Å². The number of rotatable bonds is 4. The van der Waals surface area contributed by atoms with Gasteiger partial charge in [-0.1, -0.05) is 65.1 Å². The van der Waals surface area contributed by atoms with E-state index in [1.165, 1.54) is 6.08 Å². The van der Waals surface area contributed by atoms with Crippen LogP contribution >= 0.6 is 34.8 Å². The van der Waals surface area contributed by atoms with E-state index >= 15 is 0 Å². The molecule has 0 fully saturated rings. The number of carbonyl (C=O) groups excluding carboxylic acids is 1. The van der Waals surface area contributed by atoms with Crippen molar-refractivity contribution < 1.29 is 10.1 Å². The van der Waals surface area contributed by atoms with E-state index in [9.17, 15) is 4.79 Å². The van der Waals surface area contributed by atoms with Crippen LogP contribution in [0.5, 0.6) is 0 Å². The van der Waals surface area contributed by atoms with Gasteiger partial charge in [-0.05, 0) is 32.4 Å². The number of hydrogen-bond acceptors (Lipinski definition) is 1. The van der Waals surface area contributed by atoms with Gasteiger partial charge in [-0.15, -0.1) is 0 Å². The first-order valence-electron chi connectivity index (χ1n) is 6.54. The molecule has 0 spiro atoms. The Balaban J connectivity index is 2.71. The van der Waals surface area contributed by atoms with Crippen LogP contribution in [-0.4, -0.2) is 21.4 Å². The maximum absolute atomic E-state index is 12.0. The van der Waals surface area contributed by atoms with Crippen LogP contribution in [0.1, 0.15) is 26.3 Å². The van der Waals surface area contributed by atoms with Crippen LogP contribution < -0.4 is 10.6 Å². The fourth-order valence-corrected chi connectivity index (χ4v) is 2.01. The summed E-state index contributed by atoms with van der Waals surface area (Å²) in [6.45, 7) is 5.92. The number of nitrogens with two attached hydrogens (primary N) is 1. The molecule has 21 heavy (non-hydrogen) atoms. The van der Waals surface area contributed by atoms with Crippen molar-refractivity contribution in [1.29, 1.82) is 0 Å². The van der Waals surface area contributed by atoms with Crippen molar-refractivity contribution in [2.24, 2.45) is 0 Å². The lowest BCUT2D eigenvalue weighted by Crippen LogP contribution is -3.03. The lowest BCUT2D eigenvalue weighted by atomic mass is 10.1. The number of carbonyl (C=O) groups is 1. The molecule has 116 valence electrons. The fraction of sp³-hybridized carbons (Fsp3) is 0.400. The minimum atomic E-state index is -1.59. The molecule has 1 atom stereocenters. The summed E-state index contributed by atoms with van der Waals surface area (Å²) >= 11 is 17.8. The molecule has 0 aliphatic heterocycles. The summed E-state index contributed by atoms with van der Waals surface area (Å²) in [7, 11) is 0. The monoisotopic (exact) mass is 349 g/mol. The van der Waals surface area contributed by atoms with E-state index < -0.39 is 9.96 Å². The molecule has 1 rings (SSSR count). The molecule has 1 aromatic rings. The smallest absolute Gasteiger partial charge is 0.262 e. The van der Waals surface area contributed by atoms with Crippen molar-refractivity contribution in [2.75, 3.05) is 0 Å². The summed E-state index contributed by atoms with van der Waals surface area (Å²) < 4.78 is -1.59. The number of quaternary nitrogens is 1. The molecule has 0 heterocycles. The van der Waals surface area contributed by atoms with Gasteiger partial charge in [0.2, 0.25) is 12.1 Å². The van der Waals surface area contributed by atoms with Gasteiger partial charge in [0.05, 0.1) is 5.54 Å². The van der Waals surface area contributed by atoms with E-state index in [2.05, 4.69) is 5.32 Å².